The average molecular weight is 584 g/mol. The molecule has 40 heavy (non-hydrogen) atoms. The minimum atomic E-state index is -4.29. The Morgan fingerprint density at radius 2 is 1.88 bits per heavy atom. The fourth-order valence-corrected chi connectivity index (χ4v) is 7.46. The summed E-state index contributed by atoms with van der Waals surface area (Å²) in [4.78, 5) is 46.5. The molecule has 0 radical (unpaired) electrons. The molecule has 210 valence electrons. The van der Waals surface area contributed by atoms with Crippen LogP contribution in [-0.4, -0.2) is 76.9 Å². The van der Waals surface area contributed by atoms with Gasteiger partial charge in [0.15, 0.2) is 0 Å². The zero-order chi connectivity index (χ0) is 28.6. The summed E-state index contributed by atoms with van der Waals surface area (Å²) in [5.41, 5.74) is 6.37. The SMILES string of the molecule is C[C@@H](C(=O)N1CCCC1c1cccnc1)N1CC[C@H](N(CC(N)=O)S(=O)(=O)c2ccc3cc(Cl)ccc3c2)C1=O. The number of carbonyl (C=O) groups excluding carboxylic acids is 3. The van der Waals surface area contributed by atoms with Gasteiger partial charge in [-0.3, -0.25) is 19.4 Å². The number of nitrogens with zero attached hydrogens (tertiary/aromatic N) is 4. The fourth-order valence-electron chi connectivity index (χ4n) is 5.67. The van der Waals surface area contributed by atoms with Gasteiger partial charge in [-0.1, -0.05) is 29.8 Å². The molecule has 2 aliphatic rings. The predicted molar refractivity (Wildman–Crippen MR) is 150 cm³/mol. The normalized spacial score (nSPS) is 20.4. The second kappa shape index (κ2) is 11.1. The molecule has 2 aromatic carbocycles. The molecular formula is C28H30ClN5O5S. The molecule has 2 N–H and O–H groups in total. The molecule has 5 rings (SSSR count). The number of carbonyl (C=O) groups is 3. The van der Waals surface area contributed by atoms with E-state index in [0.29, 0.717) is 17.0 Å². The lowest BCUT2D eigenvalue weighted by molar-refractivity contribution is -0.144. The second-order valence-electron chi connectivity index (χ2n) is 10.2. The molecule has 3 heterocycles. The minimum absolute atomic E-state index is 0.0738. The number of sulfonamides is 1. The van der Waals surface area contributed by atoms with Crippen LogP contribution in [0, 0.1) is 0 Å². The number of rotatable bonds is 8. The van der Waals surface area contributed by atoms with Crippen molar-refractivity contribution in [1.29, 1.82) is 0 Å². The topological polar surface area (TPSA) is 134 Å². The summed E-state index contributed by atoms with van der Waals surface area (Å²) in [5.74, 6) is -1.63. The van der Waals surface area contributed by atoms with Crippen molar-refractivity contribution in [3.8, 4) is 0 Å². The highest BCUT2D eigenvalue weighted by Crippen LogP contribution is 2.34. The molecule has 10 nitrogen and oxygen atoms in total. The van der Waals surface area contributed by atoms with Gasteiger partial charge in [0.05, 0.1) is 17.5 Å². The number of primary amides is 1. The van der Waals surface area contributed by atoms with E-state index >= 15 is 0 Å². The van der Waals surface area contributed by atoms with Crippen LogP contribution in [0.2, 0.25) is 5.02 Å². The van der Waals surface area contributed by atoms with Gasteiger partial charge in [0.25, 0.3) is 0 Å². The first-order chi connectivity index (χ1) is 19.1. The van der Waals surface area contributed by atoms with Crippen molar-refractivity contribution < 1.29 is 22.8 Å². The number of nitrogens with two attached hydrogens (primary N) is 1. The zero-order valence-corrected chi connectivity index (χ0v) is 23.5. The lowest BCUT2D eigenvalue weighted by atomic mass is 10.1. The van der Waals surface area contributed by atoms with E-state index in [0.717, 1.165) is 28.1 Å². The lowest BCUT2D eigenvalue weighted by Gasteiger charge is -2.32. The smallest absolute Gasteiger partial charge is 0.245 e. The van der Waals surface area contributed by atoms with Crippen LogP contribution < -0.4 is 5.73 Å². The number of pyridine rings is 1. The summed E-state index contributed by atoms with van der Waals surface area (Å²) in [5, 5.41) is 1.89. The summed E-state index contributed by atoms with van der Waals surface area (Å²) in [7, 11) is -4.29. The fraction of sp³-hybridized carbons (Fsp3) is 0.357. The van der Waals surface area contributed by atoms with E-state index in [1.54, 1.807) is 48.5 Å². The van der Waals surface area contributed by atoms with Crippen LogP contribution in [-0.2, 0) is 24.4 Å². The Bertz CT molecular complexity index is 1570. The van der Waals surface area contributed by atoms with E-state index in [4.69, 9.17) is 17.3 Å². The Hall–Kier alpha value is -3.54. The van der Waals surface area contributed by atoms with E-state index in [2.05, 4.69) is 4.98 Å². The van der Waals surface area contributed by atoms with E-state index < -0.39 is 40.5 Å². The van der Waals surface area contributed by atoms with E-state index in [1.165, 1.54) is 17.0 Å². The highest BCUT2D eigenvalue weighted by Gasteiger charge is 2.46. The molecule has 2 fully saturated rings. The highest BCUT2D eigenvalue weighted by molar-refractivity contribution is 7.89. The molecule has 12 heteroatoms. The summed E-state index contributed by atoms with van der Waals surface area (Å²) < 4.78 is 28.4. The number of likely N-dealkylation sites (tertiary alicyclic amines) is 2. The van der Waals surface area contributed by atoms with Crippen molar-refractivity contribution in [2.75, 3.05) is 19.6 Å². The number of hydrogen-bond acceptors (Lipinski definition) is 6. The van der Waals surface area contributed by atoms with E-state index in [1.807, 2.05) is 12.1 Å². The molecule has 1 aromatic heterocycles. The van der Waals surface area contributed by atoms with Gasteiger partial charge in [-0.25, -0.2) is 8.42 Å². The van der Waals surface area contributed by atoms with Gasteiger partial charge in [0, 0.05) is 30.5 Å². The van der Waals surface area contributed by atoms with Crippen LogP contribution in [0.4, 0.5) is 0 Å². The maximum atomic E-state index is 13.8. The molecule has 2 saturated heterocycles. The van der Waals surface area contributed by atoms with Crippen LogP contribution in [0.1, 0.15) is 37.8 Å². The van der Waals surface area contributed by atoms with Crippen molar-refractivity contribution in [3.63, 3.8) is 0 Å². The predicted octanol–water partition coefficient (Wildman–Crippen LogP) is 2.72. The molecule has 2 aliphatic heterocycles. The standard InChI is InChI=1S/C28H30ClN5O5S/c1-18(27(36)33-12-3-5-24(33)21-4-2-11-31-16-21)32-13-10-25(28(32)37)34(17-26(30)35)40(38,39)23-9-7-19-14-22(29)8-6-20(19)15-23/h2,4,6-9,11,14-16,18,24-25H,3,5,10,12-13,17H2,1H3,(H2,30,35)/t18-,24?,25-/m0/s1. The van der Waals surface area contributed by atoms with Gasteiger partial charge < -0.3 is 15.5 Å². The Morgan fingerprint density at radius 1 is 1.12 bits per heavy atom. The zero-order valence-electron chi connectivity index (χ0n) is 21.9. The Morgan fingerprint density at radius 3 is 2.60 bits per heavy atom. The molecule has 0 bridgehead atoms. The Labute approximate surface area is 237 Å². The summed E-state index contributed by atoms with van der Waals surface area (Å²) in [6.07, 6.45) is 5.17. The first-order valence-electron chi connectivity index (χ1n) is 13.1. The molecule has 0 spiro atoms. The van der Waals surface area contributed by atoms with E-state index in [9.17, 15) is 22.8 Å². The summed E-state index contributed by atoms with van der Waals surface area (Å²) in [6, 6.07) is 11.2. The van der Waals surface area contributed by atoms with Crippen molar-refractivity contribution in [2.45, 2.75) is 49.2 Å². The number of aromatic nitrogens is 1. The van der Waals surface area contributed by atoms with Crippen LogP contribution in [0.3, 0.4) is 0 Å². The third kappa shape index (κ3) is 5.28. The molecule has 3 aromatic rings. The highest BCUT2D eigenvalue weighted by atomic mass is 35.5. The molecule has 3 amide bonds. The van der Waals surface area contributed by atoms with Crippen LogP contribution >= 0.6 is 11.6 Å². The van der Waals surface area contributed by atoms with Gasteiger partial charge in [-0.15, -0.1) is 0 Å². The number of halogens is 1. The number of benzene rings is 2. The van der Waals surface area contributed by atoms with Gasteiger partial charge in [0.2, 0.25) is 27.7 Å². The first-order valence-corrected chi connectivity index (χ1v) is 14.9. The van der Waals surface area contributed by atoms with Crippen molar-refractivity contribution in [3.05, 3.63) is 71.5 Å². The van der Waals surface area contributed by atoms with Crippen molar-refractivity contribution >= 4 is 50.1 Å². The van der Waals surface area contributed by atoms with Crippen LogP contribution in [0.15, 0.2) is 65.8 Å². The quantitative estimate of drug-likeness (QED) is 0.433. The van der Waals surface area contributed by atoms with Gasteiger partial charge >= 0.3 is 0 Å². The van der Waals surface area contributed by atoms with Gasteiger partial charge in [0.1, 0.15) is 12.1 Å². The number of amides is 3. The van der Waals surface area contributed by atoms with Crippen LogP contribution in [0.5, 0.6) is 0 Å². The average Bonchev–Trinajstić information content (AvgIpc) is 3.58. The Kier molecular flexibility index (Phi) is 7.80. The molecule has 1 unspecified atom stereocenters. The third-order valence-corrected chi connectivity index (χ3v) is 9.77. The minimum Gasteiger partial charge on any atom is -0.369 e. The second-order valence-corrected chi connectivity index (χ2v) is 12.5. The lowest BCUT2D eigenvalue weighted by Crippen LogP contribution is -2.52. The summed E-state index contributed by atoms with van der Waals surface area (Å²) >= 11 is 6.05. The monoisotopic (exact) mass is 583 g/mol. The van der Waals surface area contributed by atoms with Gasteiger partial charge in [-0.2, -0.15) is 4.31 Å². The molecule has 3 atom stereocenters. The van der Waals surface area contributed by atoms with Crippen molar-refractivity contribution in [2.24, 2.45) is 5.73 Å². The molecule has 0 saturated carbocycles. The third-order valence-electron chi connectivity index (χ3n) is 7.68. The molecular weight excluding hydrogens is 554 g/mol. The largest absolute Gasteiger partial charge is 0.369 e. The number of hydrogen-bond donors (Lipinski definition) is 1. The first kappa shape index (κ1) is 28.0. The maximum Gasteiger partial charge on any atom is 0.245 e. The van der Waals surface area contributed by atoms with E-state index in [-0.39, 0.29) is 29.8 Å². The Balaban J connectivity index is 1.39. The maximum absolute atomic E-state index is 13.8. The van der Waals surface area contributed by atoms with Crippen molar-refractivity contribution in [1.82, 2.24) is 19.1 Å². The van der Waals surface area contributed by atoms with Crippen LogP contribution in [0.25, 0.3) is 10.8 Å². The summed E-state index contributed by atoms with van der Waals surface area (Å²) in [6.45, 7) is 1.72. The number of fused-ring (bicyclic) bond motifs is 1. The van der Waals surface area contributed by atoms with Gasteiger partial charge in [-0.05, 0) is 72.9 Å². The molecule has 0 aliphatic carbocycles.